The van der Waals surface area contributed by atoms with E-state index in [1.807, 2.05) is 20.8 Å². The van der Waals surface area contributed by atoms with Crippen molar-refractivity contribution in [3.63, 3.8) is 0 Å². The van der Waals surface area contributed by atoms with Crippen LogP contribution in [0.4, 0.5) is 13.2 Å². The molecule has 0 saturated carbocycles. The van der Waals surface area contributed by atoms with Crippen molar-refractivity contribution >= 4 is 0 Å². The Hall–Kier alpha value is -0.990. The number of hydrogen-bond donors (Lipinski definition) is 0. The summed E-state index contributed by atoms with van der Waals surface area (Å²) in [6, 6.07) is 0. The normalized spacial score (nSPS) is 14.7. The number of hydrogen-bond acceptors (Lipinski definition) is 0. The third-order valence-corrected chi connectivity index (χ3v) is 2.39. The molecule has 0 heterocycles. The fraction of sp³-hybridized carbons (Fsp3) is 0.500. The number of rotatable bonds is 3. The Balaban J connectivity index is 4.70. The second-order valence-corrected chi connectivity index (χ2v) is 3.88. The smallest absolute Gasteiger partial charge is 0.166 e. The van der Waals surface area contributed by atoms with Crippen LogP contribution in [0.1, 0.15) is 27.7 Å². The minimum Gasteiger partial charge on any atom is -0.166 e. The molecular formula is C12H17F3. The van der Waals surface area contributed by atoms with Crippen molar-refractivity contribution in [2.24, 2.45) is 5.92 Å². The van der Waals surface area contributed by atoms with Gasteiger partial charge < -0.3 is 0 Å². The highest BCUT2D eigenvalue weighted by atomic mass is 19.4. The monoisotopic (exact) mass is 218 g/mol. The summed E-state index contributed by atoms with van der Waals surface area (Å²) in [5, 5.41) is 0. The lowest BCUT2D eigenvalue weighted by molar-refractivity contribution is -0.0878. The van der Waals surface area contributed by atoms with Crippen LogP contribution in [0.2, 0.25) is 0 Å². The lowest BCUT2D eigenvalue weighted by Crippen LogP contribution is -2.08. The van der Waals surface area contributed by atoms with E-state index in [0.717, 1.165) is 17.2 Å². The van der Waals surface area contributed by atoms with E-state index in [4.69, 9.17) is 0 Å². The van der Waals surface area contributed by atoms with Crippen LogP contribution in [-0.2, 0) is 0 Å². The SMILES string of the molecule is C=C(/C=C\C(C)=C(/C)C(C)C)C(F)(F)F. The van der Waals surface area contributed by atoms with Gasteiger partial charge in [0, 0.05) is 5.57 Å². The Morgan fingerprint density at radius 1 is 1.13 bits per heavy atom. The molecule has 0 aromatic rings. The van der Waals surface area contributed by atoms with Crippen LogP contribution < -0.4 is 0 Å². The molecule has 0 saturated heterocycles. The van der Waals surface area contributed by atoms with Gasteiger partial charge in [0.1, 0.15) is 0 Å². The molecule has 15 heavy (non-hydrogen) atoms. The summed E-state index contributed by atoms with van der Waals surface area (Å²) >= 11 is 0. The van der Waals surface area contributed by atoms with Gasteiger partial charge in [-0.2, -0.15) is 13.2 Å². The molecule has 0 aliphatic rings. The molecule has 0 fully saturated rings. The van der Waals surface area contributed by atoms with Crippen LogP contribution in [0, 0.1) is 5.92 Å². The molecule has 0 aliphatic heterocycles. The van der Waals surface area contributed by atoms with Crippen molar-refractivity contribution in [1.82, 2.24) is 0 Å². The summed E-state index contributed by atoms with van der Waals surface area (Å²) < 4.78 is 36.3. The molecule has 0 unspecified atom stereocenters. The maximum atomic E-state index is 12.1. The number of alkyl halides is 3. The van der Waals surface area contributed by atoms with Crippen molar-refractivity contribution in [2.45, 2.75) is 33.9 Å². The Morgan fingerprint density at radius 3 is 1.93 bits per heavy atom. The minimum atomic E-state index is -4.33. The lowest BCUT2D eigenvalue weighted by Gasteiger charge is -2.08. The molecule has 3 heteroatoms. The Bertz CT molecular complexity index is 290. The van der Waals surface area contributed by atoms with Crippen molar-refractivity contribution in [1.29, 1.82) is 0 Å². The van der Waals surface area contributed by atoms with Gasteiger partial charge in [-0.15, -0.1) is 0 Å². The van der Waals surface area contributed by atoms with Gasteiger partial charge in [-0.25, -0.2) is 0 Å². The topological polar surface area (TPSA) is 0 Å². The van der Waals surface area contributed by atoms with Gasteiger partial charge in [0.2, 0.25) is 0 Å². The first kappa shape index (κ1) is 14.0. The average molecular weight is 218 g/mol. The lowest BCUT2D eigenvalue weighted by atomic mass is 9.99. The van der Waals surface area contributed by atoms with Crippen molar-refractivity contribution in [2.75, 3.05) is 0 Å². The van der Waals surface area contributed by atoms with Gasteiger partial charge in [-0.05, 0) is 19.8 Å². The van der Waals surface area contributed by atoms with E-state index in [1.54, 1.807) is 6.92 Å². The van der Waals surface area contributed by atoms with E-state index >= 15 is 0 Å². The molecule has 0 spiro atoms. The van der Waals surface area contributed by atoms with Gasteiger partial charge in [-0.1, -0.05) is 43.7 Å². The molecule has 0 N–H and O–H groups in total. The van der Waals surface area contributed by atoms with Crippen LogP contribution in [-0.4, -0.2) is 6.18 Å². The molecule has 0 radical (unpaired) electrons. The maximum absolute atomic E-state index is 12.1. The minimum absolute atomic E-state index is 0.341. The van der Waals surface area contributed by atoms with Crippen LogP contribution in [0.5, 0.6) is 0 Å². The molecule has 0 amide bonds. The van der Waals surface area contributed by atoms with Crippen LogP contribution in [0.3, 0.4) is 0 Å². The zero-order valence-corrected chi connectivity index (χ0v) is 9.57. The van der Waals surface area contributed by atoms with Crippen molar-refractivity contribution in [3.05, 3.63) is 35.5 Å². The maximum Gasteiger partial charge on any atom is 0.415 e. The predicted octanol–water partition coefficient (Wildman–Crippen LogP) is 4.65. The fourth-order valence-corrected chi connectivity index (χ4v) is 0.907. The summed E-state index contributed by atoms with van der Waals surface area (Å²) in [5.74, 6) is 0.341. The van der Waals surface area contributed by atoms with E-state index in [-0.39, 0.29) is 0 Å². The van der Waals surface area contributed by atoms with Crippen LogP contribution in [0.15, 0.2) is 35.5 Å². The predicted molar refractivity (Wildman–Crippen MR) is 57.5 cm³/mol. The number of allylic oxidation sites excluding steroid dienone is 5. The third-order valence-electron chi connectivity index (χ3n) is 2.39. The average Bonchev–Trinajstić information content (AvgIpc) is 2.10. The second-order valence-electron chi connectivity index (χ2n) is 3.88. The first-order chi connectivity index (χ1) is 6.66. The molecule has 0 bridgehead atoms. The molecule has 0 nitrogen and oxygen atoms in total. The standard InChI is InChI=1S/C12H17F3/c1-8(2)11(5)9(3)6-7-10(4)12(13,14)15/h6-8H,4H2,1-3,5H3/b7-6-,11-9+. The van der Waals surface area contributed by atoms with Gasteiger partial charge in [0.15, 0.2) is 0 Å². The molecule has 0 rings (SSSR count). The molecule has 86 valence electrons. The van der Waals surface area contributed by atoms with E-state index < -0.39 is 11.7 Å². The highest BCUT2D eigenvalue weighted by molar-refractivity contribution is 5.30. The molecule has 0 aromatic carbocycles. The summed E-state index contributed by atoms with van der Waals surface area (Å²) in [6.45, 7) is 10.7. The van der Waals surface area contributed by atoms with E-state index in [0.29, 0.717) is 5.92 Å². The molecule has 0 aliphatic carbocycles. The van der Waals surface area contributed by atoms with Crippen molar-refractivity contribution < 1.29 is 13.2 Å². The Morgan fingerprint density at radius 2 is 1.60 bits per heavy atom. The molecular weight excluding hydrogens is 201 g/mol. The number of halogens is 3. The third kappa shape index (κ3) is 4.86. The Kier molecular flexibility index (Phi) is 4.85. The zero-order chi connectivity index (χ0) is 12.2. The van der Waals surface area contributed by atoms with Gasteiger partial charge in [0.25, 0.3) is 0 Å². The van der Waals surface area contributed by atoms with Crippen LogP contribution >= 0.6 is 0 Å². The summed E-state index contributed by atoms with van der Waals surface area (Å²) in [7, 11) is 0. The van der Waals surface area contributed by atoms with E-state index in [9.17, 15) is 13.2 Å². The quantitative estimate of drug-likeness (QED) is 0.605. The van der Waals surface area contributed by atoms with Crippen molar-refractivity contribution in [3.8, 4) is 0 Å². The van der Waals surface area contributed by atoms with Gasteiger partial charge in [0.05, 0.1) is 0 Å². The van der Waals surface area contributed by atoms with Crippen LogP contribution in [0.25, 0.3) is 0 Å². The summed E-state index contributed by atoms with van der Waals surface area (Å²) in [4.78, 5) is 0. The summed E-state index contributed by atoms with van der Waals surface area (Å²) in [5.41, 5.74) is 1.12. The zero-order valence-electron chi connectivity index (χ0n) is 9.57. The van der Waals surface area contributed by atoms with Gasteiger partial charge in [-0.3, -0.25) is 0 Å². The second kappa shape index (κ2) is 5.19. The first-order valence-electron chi connectivity index (χ1n) is 4.77. The summed E-state index contributed by atoms with van der Waals surface area (Å²) in [6.07, 6.45) is -1.85. The largest absolute Gasteiger partial charge is 0.415 e. The highest BCUT2D eigenvalue weighted by Gasteiger charge is 2.29. The molecule has 0 atom stereocenters. The highest BCUT2D eigenvalue weighted by Crippen LogP contribution is 2.25. The van der Waals surface area contributed by atoms with E-state index in [2.05, 4.69) is 6.58 Å². The first-order valence-corrected chi connectivity index (χ1v) is 4.77. The molecule has 0 aromatic heterocycles. The van der Waals surface area contributed by atoms with Gasteiger partial charge >= 0.3 is 6.18 Å². The fourth-order valence-electron chi connectivity index (χ4n) is 0.907. The Labute approximate surface area is 89.2 Å². The van der Waals surface area contributed by atoms with E-state index in [1.165, 1.54) is 6.08 Å².